The summed E-state index contributed by atoms with van der Waals surface area (Å²) in [5, 5.41) is 6.88. The molecule has 0 amide bonds. The van der Waals surface area contributed by atoms with Gasteiger partial charge in [0.25, 0.3) is 0 Å². The number of hydrogen-bond acceptors (Lipinski definition) is 4. The van der Waals surface area contributed by atoms with Crippen LogP contribution in [0.4, 0.5) is 0 Å². The van der Waals surface area contributed by atoms with Crippen molar-refractivity contribution in [3.05, 3.63) is 17.0 Å². The van der Waals surface area contributed by atoms with Crippen LogP contribution in [0.5, 0.6) is 0 Å². The van der Waals surface area contributed by atoms with Gasteiger partial charge in [0, 0.05) is 17.3 Å². The second-order valence-corrected chi connectivity index (χ2v) is 3.75. The van der Waals surface area contributed by atoms with Crippen molar-refractivity contribution >= 4 is 5.97 Å². The van der Waals surface area contributed by atoms with Crippen LogP contribution in [0.1, 0.15) is 35.1 Å². The summed E-state index contributed by atoms with van der Waals surface area (Å²) in [6, 6.07) is 0.128. The maximum atomic E-state index is 11.5. The Balaban J connectivity index is 2.26. The molecule has 0 aromatic carbocycles. The lowest BCUT2D eigenvalue weighted by atomic mass is 9.92. The number of hydrogen-bond donors (Lipinski definition) is 2. The van der Waals surface area contributed by atoms with E-state index in [1.165, 1.54) is 0 Å². The molecule has 0 spiro atoms. The standard InChI is InChI=1S/C10H15N3O2/c1-2-15-10(14)9-7-5-6(11)3-4-8(7)12-13-9/h6H,2-5,11H2,1H3,(H,12,13). The van der Waals surface area contributed by atoms with Crippen LogP contribution in [0.25, 0.3) is 0 Å². The van der Waals surface area contributed by atoms with E-state index in [2.05, 4.69) is 10.2 Å². The Bertz CT molecular complexity index is 373. The Hall–Kier alpha value is -1.36. The molecule has 0 aliphatic heterocycles. The van der Waals surface area contributed by atoms with Crippen molar-refractivity contribution < 1.29 is 9.53 Å². The van der Waals surface area contributed by atoms with Crippen LogP contribution in [0.3, 0.4) is 0 Å². The molecular formula is C10H15N3O2. The van der Waals surface area contributed by atoms with Gasteiger partial charge in [-0.15, -0.1) is 0 Å². The van der Waals surface area contributed by atoms with Crippen LogP contribution in [-0.4, -0.2) is 28.8 Å². The number of carbonyl (C=O) groups excluding carboxylic acids is 1. The van der Waals surface area contributed by atoms with E-state index in [1.54, 1.807) is 6.92 Å². The lowest BCUT2D eigenvalue weighted by molar-refractivity contribution is 0.0518. The number of aromatic amines is 1. The van der Waals surface area contributed by atoms with Gasteiger partial charge in [-0.25, -0.2) is 4.79 Å². The molecule has 0 radical (unpaired) electrons. The molecule has 1 aromatic rings. The van der Waals surface area contributed by atoms with E-state index < -0.39 is 0 Å². The van der Waals surface area contributed by atoms with E-state index >= 15 is 0 Å². The fraction of sp³-hybridized carbons (Fsp3) is 0.600. The quantitative estimate of drug-likeness (QED) is 0.691. The molecular weight excluding hydrogens is 194 g/mol. The zero-order chi connectivity index (χ0) is 10.8. The molecule has 1 aromatic heterocycles. The second kappa shape index (κ2) is 4.02. The Morgan fingerprint density at radius 2 is 2.53 bits per heavy atom. The first-order chi connectivity index (χ1) is 7.22. The lowest BCUT2D eigenvalue weighted by Gasteiger charge is -2.17. The third-order valence-electron chi connectivity index (χ3n) is 2.65. The fourth-order valence-corrected chi connectivity index (χ4v) is 1.89. The number of aromatic nitrogens is 2. The molecule has 15 heavy (non-hydrogen) atoms. The molecule has 0 saturated carbocycles. The van der Waals surface area contributed by atoms with E-state index in [0.29, 0.717) is 18.7 Å². The molecule has 5 heteroatoms. The Kier molecular flexibility index (Phi) is 2.73. The first-order valence-corrected chi connectivity index (χ1v) is 5.21. The minimum Gasteiger partial charge on any atom is -0.461 e. The fourth-order valence-electron chi connectivity index (χ4n) is 1.89. The van der Waals surface area contributed by atoms with Crippen molar-refractivity contribution in [2.75, 3.05) is 6.61 Å². The number of nitrogens with zero attached hydrogens (tertiary/aromatic N) is 1. The highest BCUT2D eigenvalue weighted by Crippen LogP contribution is 2.22. The van der Waals surface area contributed by atoms with Crippen LogP contribution in [0.2, 0.25) is 0 Å². The molecule has 1 heterocycles. The number of rotatable bonds is 2. The average Bonchev–Trinajstić information content (AvgIpc) is 2.60. The summed E-state index contributed by atoms with van der Waals surface area (Å²) >= 11 is 0. The third-order valence-corrected chi connectivity index (χ3v) is 2.65. The largest absolute Gasteiger partial charge is 0.461 e. The first kappa shape index (κ1) is 10.2. The number of esters is 1. The van der Waals surface area contributed by atoms with Gasteiger partial charge in [-0.2, -0.15) is 5.10 Å². The maximum absolute atomic E-state index is 11.5. The molecule has 1 aliphatic carbocycles. The monoisotopic (exact) mass is 209 g/mol. The molecule has 0 fully saturated rings. The number of fused-ring (bicyclic) bond motifs is 1. The van der Waals surface area contributed by atoms with Gasteiger partial charge in [-0.1, -0.05) is 0 Å². The predicted molar refractivity (Wildman–Crippen MR) is 54.5 cm³/mol. The molecule has 1 aliphatic rings. The number of aryl methyl sites for hydroxylation is 1. The molecule has 5 nitrogen and oxygen atoms in total. The van der Waals surface area contributed by atoms with Gasteiger partial charge in [0.1, 0.15) is 0 Å². The van der Waals surface area contributed by atoms with E-state index in [9.17, 15) is 4.79 Å². The first-order valence-electron chi connectivity index (χ1n) is 5.21. The van der Waals surface area contributed by atoms with Gasteiger partial charge < -0.3 is 10.5 Å². The highest BCUT2D eigenvalue weighted by atomic mass is 16.5. The number of ether oxygens (including phenoxy) is 1. The van der Waals surface area contributed by atoms with Crippen LogP contribution >= 0.6 is 0 Å². The van der Waals surface area contributed by atoms with Crippen LogP contribution in [0, 0.1) is 0 Å². The number of H-pyrrole nitrogens is 1. The Morgan fingerprint density at radius 3 is 3.27 bits per heavy atom. The van der Waals surface area contributed by atoms with Gasteiger partial charge in [-0.05, 0) is 26.2 Å². The molecule has 2 rings (SSSR count). The van der Waals surface area contributed by atoms with E-state index in [-0.39, 0.29) is 12.0 Å². The van der Waals surface area contributed by atoms with Gasteiger partial charge >= 0.3 is 5.97 Å². The lowest BCUT2D eigenvalue weighted by Crippen LogP contribution is -2.28. The highest BCUT2D eigenvalue weighted by molar-refractivity contribution is 5.89. The molecule has 0 bridgehead atoms. The summed E-state index contributed by atoms with van der Waals surface area (Å²) in [6.45, 7) is 2.15. The van der Waals surface area contributed by atoms with E-state index in [1.807, 2.05) is 0 Å². The van der Waals surface area contributed by atoms with Crippen LogP contribution in [-0.2, 0) is 17.6 Å². The van der Waals surface area contributed by atoms with Crippen molar-refractivity contribution in [2.45, 2.75) is 32.2 Å². The third kappa shape index (κ3) is 1.87. The zero-order valence-corrected chi connectivity index (χ0v) is 8.75. The molecule has 1 atom stereocenters. The Labute approximate surface area is 88.0 Å². The smallest absolute Gasteiger partial charge is 0.359 e. The average molecular weight is 209 g/mol. The van der Waals surface area contributed by atoms with Crippen molar-refractivity contribution in [3.8, 4) is 0 Å². The minimum absolute atomic E-state index is 0.128. The minimum atomic E-state index is -0.357. The van der Waals surface area contributed by atoms with Gasteiger partial charge in [-0.3, -0.25) is 5.10 Å². The van der Waals surface area contributed by atoms with Crippen molar-refractivity contribution in [3.63, 3.8) is 0 Å². The number of nitrogens with two attached hydrogens (primary N) is 1. The SMILES string of the molecule is CCOC(=O)c1n[nH]c2c1CC(N)CC2. The van der Waals surface area contributed by atoms with E-state index in [4.69, 9.17) is 10.5 Å². The summed E-state index contributed by atoms with van der Waals surface area (Å²) in [7, 11) is 0. The molecule has 1 unspecified atom stereocenters. The molecule has 3 N–H and O–H groups in total. The molecule has 82 valence electrons. The van der Waals surface area contributed by atoms with Crippen molar-refractivity contribution in [2.24, 2.45) is 5.73 Å². The van der Waals surface area contributed by atoms with Crippen LogP contribution in [0.15, 0.2) is 0 Å². The second-order valence-electron chi connectivity index (χ2n) is 3.75. The zero-order valence-electron chi connectivity index (χ0n) is 8.75. The van der Waals surface area contributed by atoms with E-state index in [0.717, 1.165) is 24.1 Å². The molecule has 0 saturated heterocycles. The number of carbonyl (C=O) groups is 1. The topological polar surface area (TPSA) is 81.0 Å². The predicted octanol–water partition coefficient (Wildman–Crippen LogP) is 0.402. The van der Waals surface area contributed by atoms with Gasteiger partial charge in [0.15, 0.2) is 5.69 Å². The maximum Gasteiger partial charge on any atom is 0.359 e. The van der Waals surface area contributed by atoms with Gasteiger partial charge in [0.05, 0.1) is 6.61 Å². The highest BCUT2D eigenvalue weighted by Gasteiger charge is 2.25. The summed E-state index contributed by atoms with van der Waals surface area (Å²) in [6.07, 6.45) is 2.51. The normalized spacial score (nSPS) is 19.7. The summed E-state index contributed by atoms with van der Waals surface area (Å²) in [4.78, 5) is 11.5. The summed E-state index contributed by atoms with van der Waals surface area (Å²) < 4.78 is 4.93. The van der Waals surface area contributed by atoms with Crippen molar-refractivity contribution in [1.82, 2.24) is 10.2 Å². The van der Waals surface area contributed by atoms with Crippen LogP contribution < -0.4 is 5.73 Å². The summed E-state index contributed by atoms with van der Waals surface area (Å²) in [5.74, 6) is -0.357. The van der Waals surface area contributed by atoms with Crippen molar-refractivity contribution in [1.29, 1.82) is 0 Å². The van der Waals surface area contributed by atoms with Gasteiger partial charge in [0.2, 0.25) is 0 Å². The summed E-state index contributed by atoms with van der Waals surface area (Å²) in [5.41, 5.74) is 8.23. The number of nitrogens with one attached hydrogen (secondary N) is 1. The Morgan fingerprint density at radius 1 is 1.73 bits per heavy atom.